The van der Waals surface area contributed by atoms with E-state index in [1.54, 1.807) is 10.9 Å². The molecule has 3 N–H and O–H groups in total. The molecular weight excluding hydrogens is 268 g/mol. The van der Waals surface area contributed by atoms with Gasteiger partial charge in [-0.3, -0.25) is 9.48 Å². The average molecular weight is 294 g/mol. The molecular formula is C15H26N4O2. The third kappa shape index (κ3) is 2.46. The number of ether oxygens (including phenoxy) is 1. The predicted octanol–water partition coefficient (Wildman–Crippen LogP) is 0.877. The van der Waals surface area contributed by atoms with E-state index < -0.39 is 5.54 Å². The molecule has 2 atom stereocenters. The molecule has 118 valence electrons. The highest BCUT2D eigenvalue weighted by Gasteiger charge is 2.62. The zero-order chi connectivity index (χ0) is 15.8. The minimum atomic E-state index is -0.872. The van der Waals surface area contributed by atoms with E-state index in [9.17, 15) is 4.79 Å². The first-order valence-electron chi connectivity index (χ1n) is 7.40. The normalized spacial score (nSPS) is 27.2. The molecule has 1 fully saturated rings. The molecule has 1 aromatic heterocycles. The monoisotopic (exact) mass is 294 g/mol. The lowest BCUT2D eigenvalue weighted by Crippen LogP contribution is -2.75. The molecule has 6 nitrogen and oxygen atoms in total. The van der Waals surface area contributed by atoms with Crippen molar-refractivity contribution in [3.8, 4) is 0 Å². The molecule has 2 rings (SSSR count). The van der Waals surface area contributed by atoms with Crippen LogP contribution in [0.3, 0.4) is 0 Å². The Balaban J connectivity index is 1.99. The van der Waals surface area contributed by atoms with Crippen LogP contribution >= 0.6 is 0 Å². The molecule has 0 bridgehead atoms. The van der Waals surface area contributed by atoms with Gasteiger partial charge in [-0.15, -0.1) is 0 Å². The summed E-state index contributed by atoms with van der Waals surface area (Å²) in [7, 11) is 1.88. The predicted molar refractivity (Wildman–Crippen MR) is 80.5 cm³/mol. The third-order valence-corrected chi connectivity index (χ3v) is 5.01. The number of hydrogen-bond acceptors (Lipinski definition) is 4. The lowest BCUT2D eigenvalue weighted by molar-refractivity contribution is -0.170. The maximum absolute atomic E-state index is 12.5. The topological polar surface area (TPSA) is 82.2 Å². The molecule has 0 aliphatic heterocycles. The van der Waals surface area contributed by atoms with E-state index in [1.165, 1.54) is 0 Å². The third-order valence-electron chi connectivity index (χ3n) is 5.01. The van der Waals surface area contributed by atoms with Crippen LogP contribution in [-0.4, -0.2) is 33.9 Å². The van der Waals surface area contributed by atoms with Crippen molar-refractivity contribution in [2.45, 2.75) is 52.3 Å². The van der Waals surface area contributed by atoms with Crippen LogP contribution in [0.25, 0.3) is 0 Å². The van der Waals surface area contributed by atoms with Crippen LogP contribution in [0.5, 0.6) is 0 Å². The first-order valence-corrected chi connectivity index (χ1v) is 7.40. The number of aromatic nitrogens is 2. The second kappa shape index (κ2) is 5.42. The Kier molecular flexibility index (Phi) is 4.13. The molecule has 2 unspecified atom stereocenters. The summed E-state index contributed by atoms with van der Waals surface area (Å²) in [4.78, 5) is 12.5. The fourth-order valence-corrected chi connectivity index (χ4v) is 2.87. The standard InChI is InChI=1S/C15H26N4O2/c1-6-21-12-7-15(16,14(12,3)4)13(20)17-8-11-9-18-19(5)10(11)2/h9,12H,6-8,16H2,1-5H3,(H,17,20). The Bertz CT molecular complexity index is 538. The van der Waals surface area contributed by atoms with Gasteiger partial charge in [0.05, 0.1) is 12.3 Å². The fraction of sp³-hybridized carbons (Fsp3) is 0.733. The van der Waals surface area contributed by atoms with E-state index in [-0.39, 0.29) is 17.4 Å². The maximum atomic E-state index is 12.5. The summed E-state index contributed by atoms with van der Waals surface area (Å²) < 4.78 is 7.44. The molecule has 0 spiro atoms. The summed E-state index contributed by atoms with van der Waals surface area (Å²) in [5.41, 5.74) is 7.15. The second-order valence-electron chi connectivity index (χ2n) is 6.40. The van der Waals surface area contributed by atoms with E-state index in [4.69, 9.17) is 10.5 Å². The maximum Gasteiger partial charge on any atom is 0.241 e. The summed E-state index contributed by atoms with van der Waals surface area (Å²) in [5, 5.41) is 7.11. The SMILES string of the molecule is CCOC1CC(N)(C(=O)NCc2cnn(C)c2C)C1(C)C. The van der Waals surface area contributed by atoms with Gasteiger partial charge in [-0.1, -0.05) is 13.8 Å². The number of amides is 1. The summed E-state index contributed by atoms with van der Waals surface area (Å²) in [5.74, 6) is -0.119. The lowest BCUT2D eigenvalue weighted by atomic mass is 9.54. The Morgan fingerprint density at radius 2 is 2.29 bits per heavy atom. The van der Waals surface area contributed by atoms with Crippen LogP contribution in [0.4, 0.5) is 0 Å². The van der Waals surface area contributed by atoms with Crippen molar-refractivity contribution in [2.24, 2.45) is 18.2 Å². The summed E-state index contributed by atoms with van der Waals surface area (Å²) in [6, 6.07) is 0. The smallest absolute Gasteiger partial charge is 0.241 e. The fourth-order valence-electron chi connectivity index (χ4n) is 2.87. The second-order valence-corrected chi connectivity index (χ2v) is 6.40. The molecule has 1 aliphatic rings. The van der Waals surface area contributed by atoms with Gasteiger partial charge in [-0.25, -0.2) is 0 Å². The Morgan fingerprint density at radius 3 is 2.76 bits per heavy atom. The van der Waals surface area contributed by atoms with Crippen molar-refractivity contribution in [3.63, 3.8) is 0 Å². The van der Waals surface area contributed by atoms with Crippen molar-refractivity contribution in [1.82, 2.24) is 15.1 Å². The molecule has 1 aliphatic carbocycles. The Morgan fingerprint density at radius 1 is 1.62 bits per heavy atom. The molecule has 1 aromatic rings. The average Bonchev–Trinajstić information content (AvgIpc) is 2.75. The highest BCUT2D eigenvalue weighted by molar-refractivity contribution is 5.88. The van der Waals surface area contributed by atoms with Crippen LogP contribution in [0.2, 0.25) is 0 Å². The van der Waals surface area contributed by atoms with Crippen LogP contribution in [0.15, 0.2) is 6.20 Å². The molecule has 0 radical (unpaired) electrons. The van der Waals surface area contributed by atoms with Gasteiger partial charge in [0.1, 0.15) is 5.54 Å². The number of rotatable bonds is 5. The van der Waals surface area contributed by atoms with Crippen molar-refractivity contribution < 1.29 is 9.53 Å². The van der Waals surface area contributed by atoms with Gasteiger partial charge in [0.15, 0.2) is 0 Å². The van der Waals surface area contributed by atoms with Crippen LogP contribution in [-0.2, 0) is 23.1 Å². The van der Waals surface area contributed by atoms with Crippen molar-refractivity contribution >= 4 is 5.91 Å². The van der Waals surface area contributed by atoms with Gasteiger partial charge >= 0.3 is 0 Å². The van der Waals surface area contributed by atoms with Gasteiger partial charge in [0.2, 0.25) is 5.91 Å². The summed E-state index contributed by atoms with van der Waals surface area (Å²) in [6.07, 6.45) is 2.37. The number of carbonyl (C=O) groups excluding carboxylic acids is 1. The summed E-state index contributed by atoms with van der Waals surface area (Å²) in [6.45, 7) is 9.01. The van der Waals surface area contributed by atoms with Crippen molar-refractivity contribution in [3.05, 3.63) is 17.5 Å². The molecule has 1 amide bonds. The minimum absolute atomic E-state index is 0.0402. The van der Waals surface area contributed by atoms with Gasteiger partial charge in [-0.2, -0.15) is 5.10 Å². The van der Waals surface area contributed by atoms with E-state index in [1.807, 2.05) is 34.7 Å². The number of hydrogen-bond donors (Lipinski definition) is 2. The molecule has 1 saturated carbocycles. The first kappa shape index (κ1) is 16.0. The minimum Gasteiger partial charge on any atom is -0.378 e. The van der Waals surface area contributed by atoms with E-state index in [0.717, 1.165) is 11.3 Å². The molecule has 6 heteroatoms. The lowest BCUT2D eigenvalue weighted by Gasteiger charge is -2.57. The largest absolute Gasteiger partial charge is 0.378 e. The van der Waals surface area contributed by atoms with Gasteiger partial charge in [0.25, 0.3) is 0 Å². The number of aryl methyl sites for hydroxylation is 1. The highest BCUT2D eigenvalue weighted by atomic mass is 16.5. The van der Waals surface area contributed by atoms with Crippen LogP contribution in [0, 0.1) is 12.3 Å². The van der Waals surface area contributed by atoms with E-state index in [0.29, 0.717) is 19.6 Å². The highest BCUT2D eigenvalue weighted by Crippen LogP contribution is 2.49. The quantitative estimate of drug-likeness (QED) is 0.844. The molecule has 1 heterocycles. The van der Waals surface area contributed by atoms with Gasteiger partial charge < -0.3 is 15.8 Å². The number of carbonyl (C=O) groups is 1. The van der Waals surface area contributed by atoms with Gasteiger partial charge in [0, 0.05) is 43.3 Å². The van der Waals surface area contributed by atoms with Gasteiger partial charge in [-0.05, 0) is 13.8 Å². The Labute approximate surface area is 126 Å². The zero-order valence-electron chi connectivity index (χ0n) is 13.6. The Hall–Kier alpha value is -1.40. The van der Waals surface area contributed by atoms with Crippen LogP contribution in [0.1, 0.15) is 38.4 Å². The number of nitrogens with one attached hydrogen (secondary N) is 1. The van der Waals surface area contributed by atoms with Crippen molar-refractivity contribution in [2.75, 3.05) is 6.61 Å². The van der Waals surface area contributed by atoms with E-state index >= 15 is 0 Å². The number of nitrogens with two attached hydrogens (primary N) is 1. The summed E-state index contributed by atoms with van der Waals surface area (Å²) >= 11 is 0. The number of nitrogens with zero attached hydrogens (tertiary/aromatic N) is 2. The van der Waals surface area contributed by atoms with E-state index in [2.05, 4.69) is 10.4 Å². The molecule has 0 saturated heterocycles. The molecule has 21 heavy (non-hydrogen) atoms. The zero-order valence-corrected chi connectivity index (χ0v) is 13.6. The van der Waals surface area contributed by atoms with Crippen molar-refractivity contribution in [1.29, 1.82) is 0 Å². The first-order chi connectivity index (χ1) is 9.74. The molecule has 0 aromatic carbocycles. The van der Waals surface area contributed by atoms with Crippen LogP contribution < -0.4 is 11.1 Å².